The highest BCUT2D eigenvalue weighted by atomic mass is 16.7. The first-order valence-corrected chi connectivity index (χ1v) is 8.07. The standard InChI is InChI=1S/C17H18N4O3/c22-17(21-12-5-6-14-15(7-12)24-10-23-14)13-8-16(19-9-18-13)20-11-3-1-2-4-11/h5-9,11H,1-4,10H2,(H,21,22)(H,18,19,20). The topological polar surface area (TPSA) is 85.4 Å². The average Bonchev–Trinajstić information content (AvgIpc) is 3.26. The first kappa shape index (κ1) is 14.7. The van der Waals surface area contributed by atoms with Crippen molar-refractivity contribution in [1.82, 2.24) is 9.97 Å². The second kappa shape index (κ2) is 6.35. The lowest BCUT2D eigenvalue weighted by atomic mass is 10.2. The van der Waals surface area contributed by atoms with E-state index in [-0.39, 0.29) is 12.7 Å². The smallest absolute Gasteiger partial charge is 0.274 e. The van der Waals surface area contributed by atoms with Gasteiger partial charge in [0.05, 0.1) is 0 Å². The first-order valence-electron chi connectivity index (χ1n) is 8.07. The normalized spacial score (nSPS) is 16.2. The molecule has 1 saturated carbocycles. The second-order valence-electron chi connectivity index (χ2n) is 5.94. The van der Waals surface area contributed by atoms with E-state index in [0.29, 0.717) is 34.7 Å². The molecule has 24 heavy (non-hydrogen) atoms. The highest BCUT2D eigenvalue weighted by Gasteiger charge is 2.17. The van der Waals surface area contributed by atoms with Crippen molar-refractivity contribution in [2.45, 2.75) is 31.7 Å². The molecule has 2 aromatic rings. The van der Waals surface area contributed by atoms with Crippen LogP contribution in [-0.2, 0) is 0 Å². The molecule has 1 fully saturated rings. The van der Waals surface area contributed by atoms with Gasteiger partial charge in [-0.1, -0.05) is 12.8 Å². The maximum atomic E-state index is 12.4. The van der Waals surface area contributed by atoms with E-state index in [1.54, 1.807) is 24.3 Å². The third kappa shape index (κ3) is 3.10. The van der Waals surface area contributed by atoms with Gasteiger partial charge in [-0.2, -0.15) is 0 Å². The third-order valence-corrected chi connectivity index (χ3v) is 4.24. The van der Waals surface area contributed by atoms with Crippen molar-refractivity contribution < 1.29 is 14.3 Å². The van der Waals surface area contributed by atoms with Crippen LogP contribution in [0.1, 0.15) is 36.2 Å². The Kier molecular flexibility index (Phi) is 3.90. The van der Waals surface area contributed by atoms with E-state index in [2.05, 4.69) is 20.6 Å². The molecule has 124 valence electrons. The minimum Gasteiger partial charge on any atom is -0.454 e. The molecule has 0 unspecified atom stereocenters. The fourth-order valence-corrected chi connectivity index (χ4v) is 3.01. The SMILES string of the molecule is O=C(Nc1ccc2c(c1)OCO2)c1cc(NC2CCCC2)ncn1. The highest BCUT2D eigenvalue weighted by molar-refractivity contribution is 6.03. The zero-order valence-corrected chi connectivity index (χ0v) is 13.1. The molecule has 1 amide bonds. The van der Waals surface area contributed by atoms with Gasteiger partial charge >= 0.3 is 0 Å². The lowest BCUT2D eigenvalue weighted by molar-refractivity contribution is 0.102. The number of hydrogen-bond donors (Lipinski definition) is 2. The quantitative estimate of drug-likeness (QED) is 0.898. The summed E-state index contributed by atoms with van der Waals surface area (Å²) in [4.78, 5) is 20.7. The molecule has 1 aromatic carbocycles. The van der Waals surface area contributed by atoms with Crippen molar-refractivity contribution in [3.8, 4) is 11.5 Å². The zero-order valence-electron chi connectivity index (χ0n) is 13.1. The molecule has 2 heterocycles. The van der Waals surface area contributed by atoms with Gasteiger partial charge in [-0.25, -0.2) is 9.97 Å². The molecule has 1 aliphatic heterocycles. The monoisotopic (exact) mass is 326 g/mol. The summed E-state index contributed by atoms with van der Waals surface area (Å²) in [7, 11) is 0. The van der Waals surface area contributed by atoms with Crippen molar-refractivity contribution in [3.63, 3.8) is 0 Å². The van der Waals surface area contributed by atoms with Crippen LogP contribution in [0.25, 0.3) is 0 Å². The van der Waals surface area contributed by atoms with E-state index in [1.807, 2.05) is 0 Å². The van der Waals surface area contributed by atoms with E-state index in [9.17, 15) is 4.79 Å². The predicted octanol–water partition coefficient (Wildman–Crippen LogP) is 2.81. The van der Waals surface area contributed by atoms with Crippen LogP contribution in [0.2, 0.25) is 0 Å². The van der Waals surface area contributed by atoms with Crippen molar-refractivity contribution >= 4 is 17.4 Å². The Morgan fingerprint density at radius 1 is 1.08 bits per heavy atom. The van der Waals surface area contributed by atoms with Gasteiger partial charge in [-0.3, -0.25) is 4.79 Å². The fraction of sp³-hybridized carbons (Fsp3) is 0.353. The lowest BCUT2D eigenvalue weighted by Gasteiger charge is -2.13. The number of benzene rings is 1. The molecule has 0 saturated heterocycles. The van der Waals surface area contributed by atoms with Crippen LogP contribution in [0.3, 0.4) is 0 Å². The predicted molar refractivity (Wildman–Crippen MR) is 88.4 cm³/mol. The summed E-state index contributed by atoms with van der Waals surface area (Å²) in [5.74, 6) is 1.70. The van der Waals surface area contributed by atoms with Crippen LogP contribution in [0.5, 0.6) is 11.5 Å². The fourth-order valence-electron chi connectivity index (χ4n) is 3.01. The summed E-state index contributed by atoms with van der Waals surface area (Å²) in [5.41, 5.74) is 0.955. The summed E-state index contributed by atoms with van der Waals surface area (Å²) in [6.45, 7) is 0.203. The molecule has 1 aliphatic carbocycles. The maximum absolute atomic E-state index is 12.4. The molecular weight excluding hydrogens is 308 g/mol. The van der Waals surface area contributed by atoms with Crippen molar-refractivity contribution in [2.75, 3.05) is 17.4 Å². The molecule has 7 nitrogen and oxygen atoms in total. The third-order valence-electron chi connectivity index (χ3n) is 4.24. The molecular formula is C17H18N4O3. The molecule has 2 N–H and O–H groups in total. The summed E-state index contributed by atoms with van der Waals surface area (Å²) in [6, 6.07) is 7.39. The first-order chi connectivity index (χ1) is 11.8. The number of carbonyl (C=O) groups excluding carboxylic acids is 1. The van der Waals surface area contributed by atoms with Crippen LogP contribution < -0.4 is 20.1 Å². The van der Waals surface area contributed by atoms with Crippen molar-refractivity contribution in [1.29, 1.82) is 0 Å². The number of hydrogen-bond acceptors (Lipinski definition) is 6. The van der Waals surface area contributed by atoms with E-state index in [1.165, 1.54) is 19.2 Å². The number of nitrogens with zero attached hydrogens (tertiary/aromatic N) is 2. The molecule has 1 aromatic heterocycles. The Morgan fingerprint density at radius 2 is 1.92 bits per heavy atom. The Balaban J connectivity index is 1.45. The van der Waals surface area contributed by atoms with E-state index < -0.39 is 0 Å². The second-order valence-corrected chi connectivity index (χ2v) is 5.94. The van der Waals surface area contributed by atoms with Gasteiger partial charge in [-0.15, -0.1) is 0 Å². The summed E-state index contributed by atoms with van der Waals surface area (Å²) in [5, 5.41) is 6.18. The van der Waals surface area contributed by atoms with E-state index >= 15 is 0 Å². The summed E-state index contributed by atoms with van der Waals surface area (Å²) < 4.78 is 10.6. The number of anilines is 2. The number of aromatic nitrogens is 2. The van der Waals surface area contributed by atoms with Crippen LogP contribution in [0.4, 0.5) is 11.5 Å². The van der Waals surface area contributed by atoms with Crippen LogP contribution in [0, 0.1) is 0 Å². The molecule has 4 rings (SSSR count). The van der Waals surface area contributed by atoms with E-state index in [0.717, 1.165) is 12.8 Å². The van der Waals surface area contributed by atoms with Crippen molar-refractivity contribution in [3.05, 3.63) is 36.3 Å². The molecule has 0 radical (unpaired) electrons. The summed E-state index contributed by atoms with van der Waals surface area (Å²) in [6.07, 6.45) is 6.16. The Hall–Kier alpha value is -2.83. The van der Waals surface area contributed by atoms with Gasteiger partial charge in [0.25, 0.3) is 5.91 Å². The Morgan fingerprint density at radius 3 is 2.79 bits per heavy atom. The highest BCUT2D eigenvalue weighted by Crippen LogP contribution is 2.34. The molecule has 7 heteroatoms. The van der Waals surface area contributed by atoms with Gasteiger partial charge < -0.3 is 20.1 Å². The average molecular weight is 326 g/mol. The summed E-state index contributed by atoms with van der Waals surface area (Å²) >= 11 is 0. The Labute approximate surface area is 139 Å². The van der Waals surface area contributed by atoms with Crippen LogP contribution >= 0.6 is 0 Å². The van der Waals surface area contributed by atoms with Gasteiger partial charge in [-0.05, 0) is 25.0 Å². The number of amides is 1. The van der Waals surface area contributed by atoms with E-state index in [4.69, 9.17) is 9.47 Å². The van der Waals surface area contributed by atoms with Gasteiger partial charge in [0.15, 0.2) is 11.5 Å². The lowest BCUT2D eigenvalue weighted by Crippen LogP contribution is -2.18. The molecule has 0 atom stereocenters. The number of ether oxygens (including phenoxy) is 2. The molecule has 2 aliphatic rings. The largest absolute Gasteiger partial charge is 0.454 e. The Bertz CT molecular complexity index is 759. The number of carbonyl (C=O) groups is 1. The number of rotatable bonds is 4. The maximum Gasteiger partial charge on any atom is 0.274 e. The van der Waals surface area contributed by atoms with Crippen LogP contribution in [0.15, 0.2) is 30.6 Å². The number of nitrogens with one attached hydrogen (secondary N) is 2. The van der Waals surface area contributed by atoms with Gasteiger partial charge in [0.2, 0.25) is 6.79 Å². The zero-order chi connectivity index (χ0) is 16.4. The van der Waals surface area contributed by atoms with Crippen molar-refractivity contribution in [2.24, 2.45) is 0 Å². The van der Waals surface area contributed by atoms with Crippen LogP contribution in [-0.4, -0.2) is 28.7 Å². The molecule has 0 spiro atoms. The number of fused-ring (bicyclic) bond motifs is 1. The molecule has 0 bridgehead atoms. The minimum absolute atomic E-state index is 0.203. The van der Waals surface area contributed by atoms with Gasteiger partial charge in [0.1, 0.15) is 17.8 Å². The minimum atomic E-state index is -0.286. The van der Waals surface area contributed by atoms with Gasteiger partial charge in [0, 0.05) is 23.9 Å².